The Morgan fingerprint density at radius 1 is 1.50 bits per heavy atom. The van der Waals surface area contributed by atoms with Crippen molar-refractivity contribution in [1.29, 1.82) is 0 Å². The first-order valence-electron chi connectivity index (χ1n) is 4.61. The molecule has 1 atom stereocenters. The van der Waals surface area contributed by atoms with E-state index in [4.69, 9.17) is 9.52 Å². The summed E-state index contributed by atoms with van der Waals surface area (Å²) in [5, 5.41) is 18.6. The normalized spacial score (nSPS) is 12.8. The van der Waals surface area contributed by atoms with E-state index in [2.05, 4.69) is 0 Å². The summed E-state index contributed by atoms with van der Waals surface area (Å²) in [5.41, 5.74) is -0.0181. The Morgan fingerprint density at radius 2 is 2.21 bits per heavy atom. The Balaban J connectivity index is 3.01. The van der Waals surface area contributed by atoms with E-state index in [0.29, 0.717) is 12.0 Å². The number of rotatable bonds is 4. The van der Waals surface area contributed by atoms with Crippen molar-refractivity contribution in [3.8, 4) is 0 Å². The number of aliphatic hydroxyl groups is 2. The predicted octanol–water partition coefficient (Wildman–Crippen LogP) is 0.966. The van der Waals surface area contributed by atoms with E-state index in [1.165, 1.54) is 12.1 Å². The second-order valence-corrected chi connectivity index (χ2v) is 3.10. The van der Waals surface area contributed by atoms with Gasteiger partial charge < -0.3 is 14.6 Å². The SMILES string of the molecule is CCC[C@H](O)c1ccc(=O)oc1CO. The first-order valence-corrected chi connectivity index (χ1v) is 4.61. The summed E-state index contributed by atoms with van der Waals surface area (Å²) in [5.74, 6) is 0.151. The Labute approximate surface area is 81.8 Å². The lowest BCUT2D eigenvalue weighted by Crippen LogP contribution is -2.07. The highest BCUT2D eigenvalue weighted by Gasteiger charge is 2.13. The fraction of sp³-hybridized carbons (Fsp3) is 0.500. The van der Waals surface area contributed by atoms with Gasteiger partial charge in [0.2, 0.25) is 0 Å². The Kier molecular flexibility index (Phi) is 3.85. The van der Waals surface area contributed by atoms with Gasteiger partial charge in [0.1, 0.15) is 12.4 Å². The van der Waals surface area contributed by atoms with Gasteiger partial charge in [-0.15, -0.1) is 0 Å². The molecular weight excluding hydrogens is 184 g/mol. The molecule has 1 rings (SSSR count). The van der Waals surface area contributed by atoms with Gasteiger partial charge in [0, 0.05) is 11.6 Å². The van der Waals surface area contributed by atoms with E-state index < -0.39 is 11.7 Å². The quantitative estimate of drug-likeness (QED) is 0.756. The number of hydrogen-bond acceptors (Lipinski definition) is 4. The van der Waals surface area contributed by atoms with Crippen molar-refractivity contribution in [3.63, 3.8) is 0 Å². The van der Waals surface area contributed by atoms with Crippen molar-refractivity contribution >= 4 is 0 Å². The lowest BCUT2D eigenvalue weighted by Gasteiger charge is -2.11. The third-order valence-corrected chi connectivity index (χ3v) is 2.01. The Morgan fingerprint density at radius 3 is 2.79 bits per heavy atom. The molecule has 4 heteroatoms. The van der Waals surface area contributed by atoms with Gasteiger partial charge in [0.15, 0.2) is 0 Å². The van der Waals surface area contributed by atoms with Gasteiger partial charge in [0.05, 0.1) is 6.10 Å². The lowest BCUT2D eigenvalue weighted by atomic mass is 10.1. The van der Waals surface area contributed by atoms with Crippen LogP contribution in [-0.4, -0.2) is 10.2 Å². The lowest BCUT2D eigenvalue weighted by molar-refractivity contribution is 0.153. The van der Waals surface area contributed by atoms with E-state index in [0.717, 1.165) is 6.42 Å². The van der Waals surface area contributed by atoms with Gasteiger partial charge in [-0.3, -0.25) is 0 Å². The van der Waals surface area contributed by atoms with Crippen LogP contribution in [0, 0.1) is 0 Å². The summed E-state index contributed by atoms with van der Waals surface area (Å²) in [6.07, 6.45) is 0.734. The van der Waals surface area contributed by atoms with Gasteiger partial charge in [0.25, 0.3) is 0 Å². The van der Waals surface area contributed by atoms with E-state index in [9.17, 15) is 9.90 Å². The van der Waals surface area contributed by atoms with E-state index in [1.54, 1.807) is 0 Å². The van der Waals surface area contributed by atoms with Crippen molar-refractivity contribution in [2.24, 2.45) is 0 Å². The van der Waals surface area contributed by atoms with Crippen LogP contribution in [0.4, 0.5) is 0 Å². The first-order chi connectivity index (χ1) is 6.69. The molecule has 0 saturated heterocycles. The second-order valence-electron chi connectivity index (χ2n) is 3.10. The smallest absolute Gasteiger partial charge is 0.335 e. The highest BCUT2D eigenvalue weighted by atomic mass is 16.4. The average Bonchev–Trinajstić information content (AvgIpc) is 2.17. The Bertz CT molecular complexity index is 342. The van der Waals surface area contributed by atoms with Gasteiger partial charge >= 0.3 is 5.63 Å². The molecule has 0 unspecified atom stereocenters. The molecule has 1 aromatic heterocycles. The zero-order chi connectivity index (χ0) is 10.6. The zero-order valence-corrected chi connectivity index (χ0v) is 8.06. The maximum Gasteiger partial charge on any atom is 0.335 e. The zero-order valence-electron chi connectivity index (χ0n) is 8.06. The summed E-state index contributed by atoms with van der Waals surface area (Å²) >= 11 is 0. The van der Waals surface area contributed by atoms with Crippen LogP contribution < -0.4 is 5.63 Å². The van der Waals surface area contributed by atoms with E-state index in [-0.39, 0.29) is 12.4 Å². The van der Waals surface area contributed by atoms with Crippen LogP contribution in [-0.2, 0) is 6.61 Å². The maximum atomic E-state index is 10.8. The third-order valence-electron chi connectivity index (χ3n) is 2.01. The average molecular weight is 198 g/mol. The minimum Gasteiger partial charge on any atom is -0.425 e. The molecule has 14 heavy (non-hydrogen) atoms. The van der Waals surface area contributed by atoms with Crippen molar-refractivity contribution < 1.29 is 14.6 Å². The van der Waals surface area contributed by atoms with E-state index >= 15 is 0 Å². The fourth-order valence-electron chi connectivity index (χ4n) is 1.31. The molecule has 0 bridgehead atoms. The predicted molar refractivity (Wildman–Crippen MR) is 50.8 cm³/mol. The molecule has 0 aliphatic heterocycles. The molecule has 0 saturated carbocycles. The monoisotopic (exact) mass is 198 g/mol. The van der Waals surface area contributed by atoms with Crippen LogP contribution >= 0.6 is 0 Å². The fourth-order valence-corrected chi connectivity index (χ4v) is 1.31. The topological polar surface area (TPSA) is 70.7 Å². The van der Waals surface area contributed by atoms with Gasteiger partial charge in [-0.25, -0.2) is 4.79 Å². The summed E-state index contributed by atoms with van der Waals surface area (Å²) in [4.78, 5) is 10.8. The number of aliphatic hydroxyl groups excluding tert-OH is 2. The highest BCUT2D eigenvalue weighted by molar-refractivity contribution is 5.18. The van der Waals surface area contributed by atoms with E-state index in [1.807, 2.05) is 6.92 Å². The summed E-state index contributed by atoms with van der Waals surface area (Å²) < 4.78 is 4.76. The molecule has 4 nitrogen and oxygen atoms in total. The summed E-state index contributed by atoms with van der Waals surface area (Å²) in [6.45, 7) is 1.58. The van der Waals surface area contributed by atoms with Gasteiger partial charge in [-0.2, -0.15) is 0 Å². The molecule has 0 fully saturated rings. The Hall–Kier alpha value is -1.13. The summed E-state index contributed by atoms with van der Waals surface area (Å²) in [7, 11) is 0. The molecule has 0 aliphatic rings. The standard InChI is InChI=1S/C10H14O4/c1-2-3-8(12)7-4-5-10(13)14-9(7)6-11/h4-5,8,11-12H,2-3,6H2,1H3/t8-/m0/s1. The van der Waals surface area contributed by atoms with Crippen LogP contribution in [0.5, 0.6) is 0 Å². The molecule has 0 amide bonds. The van der Waals surface area contributed by atoms with Gasteiger partial charge in [-0.1, -0.05) is 13.3 Å². The van der Waals surface area contributed by atoms with Crippen molar-refractivity contribution in [1.82, 2.24) is 0 Å². The largest absolute Gasteiger partial charge is 0.425 e. The summed E-state index contributed by atoms with van der Waals surface area (Å²) in [6, 6.07) is 2.74. The molecule has 78 valence electrons. The van der Waals surface area contributed by atoms with Crippen LogP contribution in [0.1, 0.15) is 37.2 Å². The van der Waals surface area contributed by atoms with Crippen molar-refractivity contribution in [2.75, 3.05) is 0 Å². The molecule has 0 spiro atoms. The maximum absolute atomic E-state index is 10.8. The number of hydrogen-bond donors (Lipinski definition) is 2. The second kappa shape index (κ2) is 4.93. The minimum atomic E-state index is -0.675. The molecule has 0 radical (unpaired) electrons. The van der Waals surface area contributed by atoms with Gasteiger partial charge in [-0.05, 0) is 12.5 Å². The molecule has 1 heterocycles. The first kappa shape index (κ1) is 10.9. The molecule has 0 aliphatic carbocycles. The molecule has 1 aromatic rings. The van der Waals surface area contributed by atoms with Crippen LogP contribution in [0.15, 0.2) is 21.3 Å². The molecular formula is C10H14O4. The third kappa shape index (κ3) is 2.43. The van der Waals surface area contributed by atoms with Crippen LogP contribution in [0.2, 0.25) is 0 Å². The minimum absolute atomic E-state index is 0.151. The van der Waals surface area contributed by atoms with Crippen LogP contribution in [0.3, 0.4) is 0 Å². The molecule has 0 aromatic carbocycles. The molecule has 2 N–H and O–H groups in total. The van der Waals surface area contributed by atoms with Crippen LogP contribution in [0.25, 0.3) is 0 Å². The van der Waals surface area contributed by atoms with Crippen molar-refractivity contribution in [3.05, 3.63) is 33.9 Å². The highest BCUT2D eigenvalue weighted by Crippen LogP contribution is 2.20. The van der Waals surface area contributed by atoms with Crippen molar-refractivity contribution in [2.45, 2.75) is 32.5 Å².